The van der Waals surface area contributed by atoms with Crippen LogP contribution in [-0.2, 0) is 18.9 Å². The summed E-state index contributed by atoms with van der Waals surface area (Å²) >= 11 is 18.4. The zero-order valence-electron chi connectivity index (χ0n) is 16.0. The van der Waals surface area contributed by atoms with E-state index in [9.17, 15) is 19.7 Å². The van der Waals surface area contributed by atoms with Crippen molar-refractivity contribution in [1.82, 2.24) is 9.13 Å². The van der Waals surface area contributed by atoms with Crippen LogP contribution in [0.2, 0.25) is 10.0 Å². The minimum atomic E-state index is -0.553. The van der Waals surface area contributed by atoms with Gasteiger partial charge in [-0.25, -0.2) is 4.79 Å². The van der Waals surface area contributed by atoms with Crippen LogP contribution in [0.1, 0.15) is 5.56 Å². The minimum absolute atomic E-state index is 0.188. The Balaban J connectivity index is 1.83. The average Bonchev–Trinajstić information content (AvgIpc) is 3.11. The highest BCUT2D eigenvalue weighted by Crippen LogP contribution is 2.39. The Hall–Kier alpha value is -2.66. The minimum Gasteiger partial charge on any atom is -0.295 e. The van der Waals surface area contributed by atoms with Gasteiger partial charge in [-0.3, -0.25) is 28.9 Å². The van der Waals surface area contributed by atoms with E-state index >= 15 is 0 Å². The normalized spacial score (nSPS) is 15.5. The predicted molar refractivity (Wildman–Crippen MR) is 127 cm³/mol. The zero-order chi connectivity index (χ0) is 22.6. The molecule has 2 aromatic carbocycles. The Morgan fingerprint density at radius 2 is 1.71 bits per heavy atom. The van der Waals surface area contributed by atoms with Gasteiger partial charge in [0.15, 0.2) is 4.32 Å². The molecule has 2 heterocycles. The van der Waals surface area contributed by atoms with E-state index in [1.807, 2.05) is 0 Å². The van der Waals surface area contributed by atoms with Crippen LogP contribution in [0.15, 0.2) is 40.0 Å². The second-order valence-electron chi connectivity index (χ2n) is 6.67. The molecule has 0 unspecified atom stereocenters. The molecule has 0 atom stereocenters. The maximum absolute atomic E-state index is 13.0. The third-order valence-electron chi connectivity index (χ3n) is 4.86. The average molecular weight is 495 g/mol. The summed E-state index contributed by atoms with van der Waals surface area (Å²) in [6.07, 6.45) is 1.41. The van der Waals surface area contributed by atoms with Crippen LogP contribution >= 0.6 is 47.2 Å². The molecule has 8 nitrogen and oxygen atoms in total. The molecule has 0 aliphatic carbocycles. The molecule has 0 radical (unpaired) electrons. The van der Waals surface area contributed by atoms with E-state index < -0.39 is 10.8 Å². The first-order valence-electron chi connectivity index (χ1n) is 8.67. The summed E-state index contributed by atoms with van der Waals surface area (Å²) in [4.78, 5) is 37.9. The second-order valence-corrected chi connectivity index (χ2v) is 9.16. The Morgan fingerprint density at radius 1 is 1.06 bits per heavy atom. The third kappa shape index (κ3) is 3.55. The molecule has 31 heavy (non-hydrogen) atoms. The van der Waals surface area contributed by atoms with Crippen molar-refractivity contribution in [2.75, 3.05) is 4.90 Å². The lowest BCUT2D eigenvalue weighted by Gasteiger charge is -2.15. The van der Waals surface area contributed by atoms with Gasteiger partial charge in [-0.15, -0.1) is 0 Å². The molecular weight excluding hydrogens is 483 g/mol. The number of aromatic nitrogens is 2. The van der Waals surface area contributed by atoms with Crippen LogP contribution < -0.4 is 10.6 Å². The first-order valence-corrected chi connectivity index (χ1v) is 10.6. The molecule has 1 aromatic heterocycles. The van der Waals surface area contributed by atoms with E-state index in [-0.39, 0.29) is 31.2 Å². The number of amides is 1. The fraction of sp³-hybridized carbons (Fsp3) is 0.105. The molecule has 3 aromatic rings. The molecule has 1 amide bonds. The molecule has 0 N–H and O–H groups in total. The number of hydrogen-bond acceptors (Lipinski definition) is 6. The smallest absolute Gasteiger partial charge is 0.295 e. The summed E-state index contributed by atoms with van der Waals surface area (Å²) in [7, 11) is 3.11. The molecule has 0 saturated carbocycles. The predicted octanol–water partition coefficient (Wildman–Crippen LogP) is 4.50. The van der Waals surface area contributed by atoms with Gasteiger partial charge in [0.05, 0.1) is 42.2 Å². The van der Waals surface area contributed by atoms with E-state index in [0.29, 0.717) is 21.7 Å². The number of nitrogens with zero attached hydrogens (tertiary/aromatic N) is 4. The van der Waals surface area contributed by atoms with Gasteiger partial charge >= 0.3 is 5.69 Å². The molecule has 0 bridgehead atoms. The van der Waals surface area contributed by atoms with Crippen LogP contribution in [0, 0.1) is 10.1 Å². The number of rotatable bonds is 3. The molecule has 1 aliphatic heterocycles. The fourth-order valence-corrected chi connectivity index (χ4v) is 4.86. The number of imidazole rings is 1. The molecule has 158 valence electrons. The zero-order valence-corrected chi connectivity index (χ0v) is 19.1. The summed E-state index contributed by atoms with van der Waals surface area (Å²) in [6.45, 7) is 0. The van der Waals surface area contributed by atoms with Crippen molar-refractivity contribution < 1.29 is 9.72 Å². The first kappa shape index (κ1) is 21.6. The highest BCUT2D eigenvalue weighted by Gasteiger charge is 2.34. The van der Waals surface area contributed by atoms with Gasteiger partial charge in [0.25, 0.3) is 11.6 Å². The van der Waals surface area contributed by atoms with Crippen molar-refractivity contribution >= 4 is 85.9 Å². The van der Waals surface area contributed by atoms with Gasteiger partial charge in [0.1, 0.15) is 0 Å². The van der Waals surface area contributed by atoms with Crippen molar-refractivity contribution in [2.24, 2.45) is 14.1 Å². The van der Waals surface area contributed by atoms with Crippen molar-refractivity contribution in [2.45, 2.75) is 0 Å². The molecule has 4 rings (SSSR count). The first-order chi connectivity index (χ1) is 14.6. The van der Waals surface area contributed by atoms with E-state index in [2.05, 4.69) is 0 Å². The summed E-state index contributed by atoms with van der Waals surface area (Å²) < 4.78 is 2.97. The highest BCUT2D eigenvalue weighted by atomic mass is 35.5. The lowest BCUT2D eigenvalue weighted by molar-refractivity contribution is -0.385. The summed E-state index contributed by atoms with van der Waals surface area (Å²) in [5.41, 5.74) is 1.01. The fourth-order valence-electron chi connectivity index (χ4n) is 3.28. The Labute approximate surface area is 194 Å². The number of hydrogen-bond donors (Lipinski definition) is 0. The quantitative estimate of drug-likeness (QED) is 0.230. The van der Waals surface area contributed by atoms with Gasteiger partial charge in [-0.2, -0.15) is 0 Å². The number of thiocarbonyl (C=S) groups is 1. The van der Waals surface area contributed by atoms with Gasteiger partial charge in [0.2, 0.25) is 0 Å². The van der Waals surface area contributed by atoms with E-state index in [4.69, 9.17) is 35.4 Å². The van der Waals surface area contributed by atoms with Crippen molar-refractivity contribution in [3.05, 3.63) is 71.4 Å². The van der Waals surface area contributed by atoms with Crippen molar-refractivity contribution in [3.63, 3.8) is 0 Å². The van der Waals surface area contributed by atoms with Gasteiger partial charge in [-0.05, 0) is 30.3 Å². The van der Waals surface area contributed by atoms with Gasteiger partial charge < -0.3 is 0 Å². The molecule has 1 fully saturated rings. The summed E-state index contributed by atoms with van der Waals surface area (Å²) in [5, 5.41) is 12.3. The number of nitro benzene ring substituents is 1. The molecule has 0 spiro atoms. The van der Waals surface area contributed by atoms with Crippen LogP contribution in [0.4, 0.5) is 11.4 Å². The number of fused-ring (bicyclic) bond motifs is 1. The van der Waals surface area contributed by atoms with E-state index in [0.717, 1.165) is 11.8 Å². The van der Waals surface area contributed by atoms with Crippen LogP contribution in [-0.4, -0.2) is 24.3 Å². The molecule has 1 saturated heterocycles. The summed E-state index contributed by atoms with van der Waals surface area (Å²) in [5.74, 6) is -0.440. The topological polar surface area (TPSA) is 90.4 Å². The number of nitro groups is 1. The highest BCUT2D eigenvalue weighted by molar-refractivity contribution is 8.27. The van der Waals surface area contributed by atoms with Gasteiger partial charge in [-0.1, -0.05) is 47.2 Å². The largest absolute Gasteiger partial charge is 0.328 e. The number of thioether (sulfide) groups is 1. The van der Waals surface area contributed by atoms with Gasteiger partial charge in [0, 0.05) is 20.2 Å². The Morgan fingerprint density at radius 3 is 2.32 bits per heavy atom. The number of benzene rings is 2. The number of carbonyl (C=O) groups excluding carboxylic acids is 1. The number of halogens is 2. The Bertz CT molecular complexity index is 1410. The molecule has 12 heteroatoms. The summed E-state index contributed by atoms with van der Waals surface area (Å²) in [6, 6.07) is 7.51. The number of carbonyl (C=O) groups is 1. The monoisotopic (exact) mass is 494 g/mol. The van der Waals surface area contributed by atoms with Crippen molar-refractivity contribution in [1.29, 1.82) is 0 Å². The second kappa shape index (κ2) is 7.79. The van der Waals surface area contributed by atoms with Crippen LogP contribution in [0.25, 0.3) is 17.1 Å². The third-order valence-corrected chi connectivity index (χ3v) is 6.90. The van der Waals surface area contributed by atoms with Crippen LogP contribution in [0.3, 0.4) is 0 Å². The van der Waals surface area contributed by atoms with Crippen LogP contribution in [0.5, 0.6) is 0 Å². The number of anilines is 1. The van der Waals surface area contributed by atoms with E-state index in [1.54, 1.807) is 19.2 Å². The molecular formula is C19H12Cl2N4O4S2. The van der Waals surface area contributed by atoms with Crippen molar-refractivity contribution in [3.8, 4) is 0 Å². The lowest BCUT2D eigenvalue weighted by Crippen LogP contribution is -2.27. The SMILES string of the molecule is Cn1c(=O)n(C)c2cc([N+](=O)[O-])c(/C=C3/SC(=S)N(c4ccc(Cl)c(Cl)c4)C3=O)cc21. The van der Waals surface area contributed by atoms with E-state index in [1.165, 1.54) is 45.4 Å². The maximum Gasteiger partial charge on any atom is 0.328 e. The number of aryl methyl sites for hydroxylation is 2. The lowest BCUT2D eigenvalue weighted by atomic mass is 10.1. The molecule has 1 aliphatic rings. The Kier molecular flexibility index (Phi) is 5.42. The standard InChI is InChI=1S/C19H12Cl2N4O4S2/c1-22-14-5-9(13(25(28)29)8-15(14)23(2)18(22)27)6-16-17(26)24(19(30)31-16)10-3-4-11(20)12(21)7-10/h3-8H,1-2H3/b16-6+. The maximum atomic E-state index is 13.0.